The van der Waals surface area contributed by atoms with Crippen molar-refractivity contribution in [2.75, 3.05) is 21.3 Å². The van der Waals surface area contributed by atoms with E-state index >= 15 is 0 Å². The third-order valence-corrected chi connectivity index (χ3v) is 4.77. The molecule has 33 heavy (non-hydrogen) atoms. The van der Waals surface area contributed by atoms with Gasteiger partial charge in [0, 0.05) is 25.0 Å². The number of benzene rings is 2. The zero-order valence-corrected chi connectivity index (χ0v) is 18.4. The lowest BCUT2D eigenvalue weighted by Crippen LogP contribution is -2.24. The third kappa shape index (κ3) is 5.67. The Morgan fingerprint density at radius 2 is 1.55 bits per heavy atom. The van der Waals surface area contributed by atoms with Gasteiger partial charge in [-0.2, -0.15) is 0 Å². The molecule has 0 saturated carbocycles. The molecular formula is C23H23N3O7. The van der Waals surface area contributed by atoms with Crippen molar-refractivity contribution in [3.63, 3.8) is 0 Å². The minimum Gasteiger partial charge on any atom is -0.493 e. The lowest BCUT2D eigenvalue weighted by atomic mass is 10.1. The summed E-state index contributed by atoms with van der Waals surface area (Å²) >= 11 is 0. The highest BCUT2D eigenvalue weighted by Crippen LogP contribution is 2.34. The number of hydrogen-bond acceptors (Lipinski definition) is 8. The number of nitro groups is 1. The first-order chi connectivity index (χ1) is 16.0. The molecule has 0 bridgehead atoms. The second-order valence-corrected chi connectivity index (χ2v) is 6.79. The predicted octanol–water partition coefficient (Wildman–Crippen LogP) is 3.52. The number of hydrogen-bond donors (Lipinski definition) is 1. The van der Waals surface area contributed by atoms with Crippen molar-refractivity contribution < 1.29 is 28.7 Å². The van der Waals surface area contributed by atoms with Crippen molar-refractivity contribution in [2.24, 2.45) is 0 Å². The van der Waals surface area contributed by atoms with Gasteiger partial charge in [-0.3, -0.25) is 19.9 Å². The zero-order valence-electron chi connectivity index (χ0n) is 18.4. The fourth-order valence-electron chi connectivity index (χ4n) is 3.06. The quantitative estimate of drug-likeness (QED) is 0.365. The van der Waals surface area contributed by atoms with Crippen molar-refractivity contribution in [3.05, 3.63) is 81.7 Å². The summed E-state index contributed by atoms with van der Waals surface area (Å²) in [5.41, 5.74) is 1.16. The van der Waals surface area contributed by atoms with Crippen LogP contribution in [0.1, 0.15) is 21.5 Å². The summed E-state index contributed by atoms with van der Waals surface area (Å²) in [4.78, 5) is 27.5. The molecule has 10 heteroatoms. The van der Waals surface area contributed by atoms with E-state index in [0.717, 1.165) is 17.2 Å². The van der Waals surface area contributed by atoms with Crippen molar-refractivity contribution in [1.82, 2.24) is 10.3 Å². The van der Waals surface area contributed by atoms with E-state index < -0.39 is 10.8 Å². The number of nitrogens with one attached hydrogen (secondary N) is 1. The molecule has 0 aliphatic carbocycles. The molecule has 0 aliphatic heterocycles. The summed E-state index contributed by atoms with van der Waals surface area (Å²) in [5, 5.41) is 14.1. The van der Waals surface area contributed by atoms with Gasteiger partial charge in [-0.05, 0) is 35.4 Å². The number of aromatic nitrogens is 1. The maximum atomic E-state index is 12.7. The molecule has 0 spiro atoms. The molecule has 172 valence electrons. The molecule has 0 unspecified atom stereocenters. The largest absolute Gasteiger partial charge is 0.493 e. The van der Waals surface area contributed by atoms with Crippen LogP contribution in [0.25, 0.3) is 0 Å². The van der Waals surface area contributed by atoms with Gasteiger partial charge in [0.1, 0.15) is 12.2 Å². The molecule has 3 rings (SSSR count). The topological polar surface area (TPSA) is 122 Å². The minimum absolute atomic E-state index is 0.116. The van der Waals surface area contributed by atoms with E-state index in [1.165, 1.54) is 27.4 Å². The summed E-state index contributed by atoms with van der Waals surface area (Å²) in [7, 11) is 4.26. The number of pyridine rings is 1. The van der Waals surface area contributed by atoms with Gasteiger partial charge in [-0.1, -0.05) is 6.07 Å². The lowest BCUT2D eigenvalue weighted by Gasteiger charge is -2.13. The second kappa shape index (κ2) is 10.8. The third-order valence-electron chi connectivity index (χ3n) is 4.77. The number of carbonyl (C=O) groups excluding carboxylic acids is 1. The van der Waals surface area contributed by atoms with Gasteiger partial charge in [0.2, 0.25) is 0 Å². The fourth-order valence-corrected chi connectivity index (χ4v) is 3.06. The monoisotopic (exact) mass is 453 g/mol. The van der Waals surface area contributed by atoms with Crippen LogP contribution in [0.2, 0.25) is 0 Å². The predicted molar refractivity (Wildman–Crippen MR) is 119 cm³/mol. The van der Waals surface area contributed by atoms with Crippen LogP contribution in [-0.4, -0.2) is 37.1 Å². The summed E-state index contributed by atoms with van der Waals surface area (Å²) in [6.07, 6.45) is 3.37. The van der Waals surface area contributed by atoms with Crippen LogP contribution in [0.4, 0.5) is 5.69 Å². The Kier molecular flexibility index (Phi) is 7.64. The highest BCUT2D eigenvalue weighted by Gasteiger charge is 2.24. The highest BCUT2D eigenvalue weighted by atomic mass is 16.6. The molecule has 0 aliphatic rings. The molecule has 1 N–H and O–H groups in total. The van der Waals surface area contributed by atoms with Crippen LogP contribution in [0.5, 0.6) is 23.0 Å². The Morgan fingerprint density at radius 1 is 0.909 bits per heavy atom. The Bertz CT molecular complexity index is 1140. The van der Waals surface area contributed by atoms with Gasteiger partial charge >= 0.3 is 0 Å². The number of carbonyl (C=O) groups is 1. The molecule has 1 aromatic heterocycles. The first-order valence-electron chi connectivity index (χ1n) is 9.84. The Morgan fingerprint density at radius 3 is 2.18 bits per heavy atom. The van der Waals surface area contributed by atoms with Crippen LogP contribution in [-0.2, 0) is 13.2 Å². The molecule has 3 aromatic rings. The van der Waals surface area contributed by atoms with Gasteiger partial charge in [0.15, 0.2) is 23.0 Å². The SMILES string of the molecule is COc1cc(C(=O)NCc2ccc(OCc3ccncc3)c(OC)c2)c([N+](=O)[O-])cc1OC. The molecule has 0 fully saturated rings. The van der Waals surface area contributed by atoms with E-state index in [2.05, 4.69) is 10.3 Å². The molecular weight excluding hydrogens is 430 g/mol. The number of nitrogens with zero attached hydrogens (tertiary/aromatic N) is 2. The first-order valence-corrected chi connectivity index (χ1v) is 9.84. The summed E-state index contributed by atoms with van der Waals surface area (Å²) in [5.74, 6) is 0.783. The smallest absolute Gasteiger partial charge is 0.286 e. The van der Waals surface area contributed by atoms with E-state index in [4.69, 9.17) is 18.9 Å². The number of nitro benzene ring substituents is 1. The van der Waals surface area contributed by atoms with Crippen LogP contribution >= 0.6 is 0 Å². The number of methoxy groups -OCH3 is 3. The molecule has 0 saturated heterocycles. The number of rotatable bonds is 10. The highest BCUT2D eigenvalue weighted by molar-refractivity contribution is 5.99. The molecule has 0 radical (unpaired) electrons. The number of amides is 1. The van der Waals surface area contributed by atoms with E-state index in [1.54, 1.807) is 30.6 Å². The van der Waals surface area contributed by atoms with E-state index in [1.807, 2.05) is 12.1 Å². The van der Waals surface area contributed by atoms with Gasteiger partial charge in [-0.25, -0.2) is 0 Å². The molecule has 1 heterocycles. The second-order valence-electron chi connectivity index (χ2n) is 6.79. The van der Waals surface area contributed by atoms with Gasteiger partial charge < -0.3 is 24.3 Å². The Hall–Kier alpha value is -4.34. The van der Waals surface area contributed by atoms with Crippen molar-refractivity contribution in [3.8, 4) is 23.0 Å². The normalized spacial score (nSPS) is 10.3. The van der Waals surface area contributed by atoms with E-state index in [9.17, 15) is 14.9 Å². The van der Waals surface area contributed by atoms with Crippen molar-refractivity contribution >= 4 is 11.6 Å². The molecule has 1 amide bonds. The Balaban J connectivity index is 1.73. The van der Waals surface area contributed by atoms with Crippen LogP contribution < -0.4 is 24.3 Å². The first kappa shape index (κ1) is 23.3. The summed E-state index contributed by atoms with van der Waals surface area (Å²) in [6, 6.07) is 11.4. The molecule has 0 atom stereocenters. The van der Waals surface area contributed by atoms with Crippen molar-refractivity contribution in [2.45, 2.75) is 13.2 Å². The van der Waals surface area contributed by atoms with Gasteiger partial charge in [0.25, 0.3) is 11.6 Å². The van der Waals surface area contributed by atoms with Gasteiger partial charge in [-0.15, -0.1) is 0 Å². The van der Waals surface area contributed by atoms with Crippen LogP contribution in [0.3, 0.4) is 0 Å². The maximum absolute atomic E-state index is 12.7. The zero-order chi connectivity index (χ0) is 23.8. The molecule has 2 aromatic carbocycles. The van der Waals surface area contributed by atoms with Crippen LogP contribution in [0, 0.1) is 10.1 Å². The molecule has 10 nitrogen and oxygen atoms in total. The maximum Gasteiger partial charge on any atom is 0.286 e. The average Bonchev–Trinajstić information content (AvgIpc) is 2.85. The lowest BCUT2D eigenvalue weighted by molar-refractivity contribution is -0.385. The standard InChI is InChI=1S/C23H23N3O7/c1-30-20-10-16(4-5-19(20)33-14-15-6-8-24-9-7-15)13-25-23(27)17-11-21(31-2)22(32-3)12-18(17)26(28)29/h4-12H,13-14H2,1-3H3,(H,25,27). The summed E-state index contributed by atoms with van der Waals surface area (Å²) < 4.78 is 21.5. The van der Waals surface area contributed by atoms with Crippen LogP contribution in [0.15, 0.2) is 54.9 Å². The Labute approximate surface area is 190 Å². The minimum atomic E-state index is -0.644. The van der Waals surface area contributed by atoms with Crippen molar-refractivity contribution in [1.29, 1.82) is 0 Å². The fraction of sp³-hybridized carbons (Fsp3) is 0.217. The summed E-state index contributed by atoms with van der Waals surface area (Å²) in [6.45, 7) is 0.462. The van der Waals surface area contributed by atoms with E-state index in [0.29, 0.717) is 18.1 Å². The van der Waals surface area contributed by atoms with Gasteiger partial charge in [0.05, 0.1) is 32.3 Å². The number of ether oxygens (including phenoxy) is 4. The average molecular weight is 453 g/mol. The van der Waals surface area contributed by atoms with E-state index in [-0.39, 0.29) is 29.3 Å².